The quantitative estimate of drug-likeness (QED) is 0.553. The fourth-order valence-electron chi connectivity index (χ4n) is 1.70. The normalized spacial score (nSPS) is 10.3. The molecule has 0 aliphatic heterocycles. The number of anilines is 1. The van der Waals surface area contributed by atoms with Crippen LogP contribution in [0.3, 0.4) is 0 Å². The molecule has 1 amide bonds. The van der Waals surface area contributed by atoms with Crippen LogP contribution in [0.4, 0.5) is 5.69 Å². The van der Waals surface area contributed by atoms with Crippen molar-refractivity contribution in [3.8, 4) is 0 Å². The molecule has 0 saturated carbocycles. The van der Waals surface area contributed by atoms with Gasteiger partial charge in [0.25, 0.3) is 5.91 Å². The van der Waals surface area contributed by atoms with Crippen LogP contribution in [-0.4, -0.2) is 5.91 Å². The number of halogens is 2. The molecule has 0 aliphatic carbocycles. The second-order valence-electron chi connectivity index (χ2n) is 4.22. The van der Waals surface area contributed by atoms with Gasteiger partial charge < -0.3 is 5.32 Å². The number of alkyl halides is 1. The van der Waals surface area contributed by atoms with Gasteiger partial charge in [-0.2, -0.15) is 0 Å². The molecule has 98 valence electrons. The molecule has 19 heavy (non-hydrogen) atoms. The van der Waals surface area contributed by atoms with Crippen molar-refractivity contribution in [3.05, 3.63) is 62.7 Å². The third kappa shape index (κ3) is 3.57. The molecule has 1 N–H and O–H groups in total. The molecule has 2 nitrogen and oxygen atoms in total. The van der Waals surface area contributed by atoms with E-state index < -0.39 is 0 Å². The highest BCUT2D eigenvalue weighted by Crippen LogP contribution is 2.19. The number of carbonyl (C=O) groups is 1. The van der Waals surface area contributed by atoms with Gasteiger partial charge in [-0.1, -0.05) is 40.2 Å². The fraction of sp³-hybridized carbons (Fsp3) is 0.133. The van der Waals surface area contributed by atoms with E-state index in [1.807, 2.05) is 49.4 Å². The number of hydrogen-bond acceptors (Lipinski definition) is 1. The van der Waals surface area contributed by atoms with Crippen molar-refractivity contribution in [2.45, 2.75) is 12.3 Å². The molecule has 2 aromatic carbocycles. The molecule has 0 spiro atoms. The maximum absolute atomic E-state index is 12.2. The molecule has 4 heteroatoms. The van der Waals surface area contributed by atoms with Crippen LogP contribution < -0.4 is 5.32 Å². The van der Waals surface area contributed by atoms with Crippen LogP contribution in [0.1, 0.15) is 21.5 Å². The highest BCUT2D eigenvalue weighted by Gasteiger charge is 2.11. The SMILES string of the molecule is Cc1cccc(C(=O)Nc2ccc(CBr)cc2)c1I. The molecule has 0 bridgehead atoms. The lowest BCUT2D eigenvalue weighted by Crippen LogP contribution is -2.13. The summed E-state index contributed by atoms with van der Waals surface area (Å²) in [5.41, 5.74) is 3.82. The molecule has 0 saturated heterocycles. The van der Waals surface area contributed by atoms with Gasteiger partial charge in [0.15, 0.2) is 0 Å². The monoisotopic (exact) mass is 429 g/mol. The molecule has 0 fully saturated rings. The summed E-state index contributed by atoms with van der Waals surface area (Å²) in [6.45, 7) is 2.00. The van der Waals surface area contributed by atoms with Crippen LogP contribution in [0.15, 0.2) is 42.5 Å². The topological polar surface area (TPSA) is 29.1 Å². The second-order valence-corrected chi connectivity index (χ2v) is 5.86. The van der Waals surface area contributed by atoms with Crippen LogP contribution >= 0.6 is 38.5 Å². The Hall–Kier alpha value is -0.880. The summed E-state index contributed by atoms with van der Waals surface area (Å²) in [5, 5.41) is 3.73. The van der Waals surface area contributed by atoms with Gasteiger partial charge in [0.2, 0.25) is 0 Å². The van der Waals surface area contributed by atoms with E-state index in [1.54, 1.807) is 0 Å². The summed E-state index contributed by atoms with van der Waals surface area (Å²) in [4.78, 5) is 12.2. The van der Waals surface area contributed by atoms with Crippen LogP contribution in [-0.2, 0) is 5.33 Å². The lowest BCUT2D eigenvalue weighted by molar-refractivity contribution is 0.102. The Balaban J connectivity index is 2.18. The molecule has 2 rings (SSSR count). The average molecular weight is 430 g/mol. The van der Waals surface area contributed by atoms with Crippen molar-refractivity contribution >= 4 is 50.1 Å². The van der Waals surface area contributed by atoms with Gasteiger partial charge in [-0.05, 0) is 58.8 Å². The summed E-state index contributed by atoms with van der Waals surface area (Å²) >= 11 is 5.61. The molecule has 0 radical (unpaired) electrons. The standard InChI is InChI=1S/C15H13BrINO/c1-10-3-2-4-13(14(10)17)15(19)18-12-7-5-11(9-16)6-8-12/h2-8H,9H2,1H3,(H,18,19). The number of nitrogens with one attached hydrogen (secondary N) is 1. The smallest absolute Gasteiger partial charge is 0.256 e. The van der Waals surface area contributed by atoms with E-state index >= 15 is 0 Å². The van der Waals surface area contributed by atoms with Crippen molar-refractivity contribution in [2.24, 2.45) is 0 Å². The minimum Gasteiger partial charge on any atom is -0.322 e. The highest BCUT2D eigenvalue weighted by molar-refractivity contribution is 14.1. The first kappa shape index (κ1) is 14.5. The van der Waals surface area contributed by atoms with Crippen LogP contribution in [0.25, 0.3) is 0 Å². The van der Waals surface area contributed by atoms with Crippen molar-refractivity contribution in [3.63, 3.8) is 0 Å². The first-order chi connectivity index (χ1) is 9.11. The predicted molar refractivity (Wildman–Crippen MR) is 90.9 cm³/mol. The molecule has 0 heterocycles. The van der Waals surface area contributed by atoms with E-state index in [-0.39, 0.29) is 5.91 Å². The summed E-state index contributed by atoms with van der Waals surface area (Å²) in [7, 11) is 0. The summed E-state index contributed by atoms with van der Waals surface area (Å²) in [5.74, 6) is -0.0697. The van der Waals surface area contributed by atoms with Crippen LogP contribution in [0.2, 0.25) is 0 Å². The third-order valence-corrected chi connectivity index (χ3v) is 4.88. The Bertz CT molecular complexity index is 596. The Kier molecular flexibility index (Phi) is 4.99. The number of benzene rings is 2. The third-order valence-electron chi connectivity index (χ3n) is 2.80. The molecule has 0 unspecified atom stereocenters. The van der Waals surface area contributed by atoms with Gasteiger partial charge in [-0.25, -0.2) is 0 Å². The zero-order valence-electron chi connectivity index (χ0n) is 10.4. The van der Waals surface area contributed by atoms with Crippen molar-refractivity contribution in [1.82, 2.24) is 0 Å². The zero-order chi connectivity index (χ0) is 13.8. The number of carbonyl (C=O) groups excluding carboxylic acids is 1. The van der Waals surface area contributed by atoms with Gasteiger partial charge in [-0.15, -0.1) is 0 Å². The fourth-order valence-corrected chi connectivity index (χ4v) is 2.68. The largest absolute Gasteiger partial charge is 0.322 e. The Morgan fingerprint density at radius 2 is 1.89 bits per heavy atom. The predicted octanol–water partition coefficient (Wildman–Crippen LogP) is 4.75. The molecule has 2 aromatic rings. The van der Waals surface area contributed by atoms with Crippen molar-refractivity contribution < 1.29 is 4.79 Å². The van der Waals surface area contributed by atoms with E-state index in [2.05, 4.69) is 43.8 Å². The zero-order valence-corrected chi connectivity index (χ0v) is 14.2. The van der Waals surface area contributed by atoms with Crippen LogP contribution in [0.5, 0.6) is 0 Å². The minimum absolute atomic E-state index is 0.0697. The van der Waals surface area contributed by atoms with Crippen LogP contribution in [0, 0.1) is 10.5 Å². The van der Waals surface area contributed by atoms with Gasteiger partial charge in [0.05, 0.1) is 5.56 Å². The molecular weight excluding hydrogens is 417 g/mol. The summed E-state index contributed by atoms with van der Waals surface area (Å²) in [6, 6.07) is 13.6. The summed E-state index contributed by atoms with van der Waals surface area (Å²) < 4.78 is 0.995. The molecule has 0 aliphatic rings. The Morgan fingerprint density at radius 3 is 2.53 bits per heavy atom. The van der Waals surface area contributed by atoms with E-state index in [0.717, 1.165) is 20.2 Å². The van der Waals surface area contributed by atoms with Gasteiger partial charge in [0, 0.05) is 14.6 Å². The number of amides is 1. The van der Waals surface area contributed by atoms with Crippen molar-refractivity contribution in [2.75, 3.05) is 5.32 Å². The number of rotatable bonds is 3. The Labute approximate surface area is 134 Å². The first-order valence-electron chi connectivity index (χ1n) is 5.83. The van der Waals surface area contributed by atoms with Crippen molar-refractivity contribution in [1.29, 1.82) is 0 Å². The number of aryl methyl sites for hydroxylation is 1. The van der Waals surface area contributed by atoms with Gasteiger partial charge in [-0.3, -0.25) is 4.79 Å². The van der Waals surface area contributed by atoms with Gasteiger partial charge in [0.1, 0.15) is 0 Å². The lowest BCUT2D eigenvalue weighted by atomic mass is 10.1. The molecular formula is C15H13BrINO. The maximum atomic E-state index is 12.2. The lowest BCUT2D eigenvalue weighted by Gasteiger charge is -2.09. The minimum atomic E-state index is -0.0697. The number of hydrogen-bond donors (Lipinski definition) is 1. The van der Waals surface area contributed by atoms with E-state index in [1.165, 1.54) is 5.56 Å². The molecule has 0 atom stereocenters. The summed E-state index contributed by atoms with van der Waals surface area (Å²) in [6.07, 6.45) is 0. The van der Waals surface area contributed by atoms with E-state index in [9.17, 15) is 4.79 Å². The highest BCUT2D eigenvalue weighted by atomic mass is 127. The average Bonchev–Trinajstić information content (AvgIpc) is 2.42. The van der Waals surface area contributed by atoms with E-state index in [4.69, 9.17) is 0 Å². The first-order valence-corrected chi connectivity index (χ1v) is 8.03. The Morgan fingerprint density at radius 1 is 1.21 bits per heavy atom. The molecule has 0 aromatic heterocycles. The van der Waals surface area contributed by atoms with Gasteiger partial charge >= 0.3 is 0 Å². The van der Waals surface area contributed by atoms with E-state index in [0.29, 0.717) is 5.56 Å². The maximum Gasteiger partial charge on any atom is 0.256 e. The second kappa shape index (κ2) is 6.52.